The van der Waals surface area contributed by atoms with Crippen molar-refractivity contribution in [3.63, 3.8) is 0 Å². The summed E-state index contributed by atoms with van der Waals surface area (Å²) in [5, 5.41) is 0.844. The van der Waals surface area contributed by atoms with Crippen LogP contribution in [0.2, 0.25) is 5.02 Å². The van der Waals surface area contributed by atoms with E-state index in [2.05, 4.69) is 43.0 Å². The minimum absolute atomic E-state index is 0.0764. The minimum Gasteiger partial charge on any atom is -0.451 e. The molecule has 0 spiro atoms. The summed E-state index contributed by atoms with van der Waals surface area (Å²) in [6.45, 7) is 8.02. The number of rotatable bonds is 4. The van der Waals surface area contributed by atoms with Gasteiger partial charge in [0.05, 0.1) is 5.39 Å². The van der Waals surface area contributed by atoms with Crippen LogP contribution in [0.15, 0.2) is 57.7 Å². The molecular formula is C24H25ClN2O3. The van der Waals surface area contributed by atoms with E-state index in [0.717, 1.165) is 19.6 Å². The number of carbonyl (C=O) groups excluding carboxylic acids is 1. The SMILES string of the molecule is CC(C)c1ccc(CN2CCN(C(=O)c3cc(=O)c4cc(Cl)ccc4o3)CC2)cc1. The molecule has 2 heterocycles. The number of benzene rings is 2. The van der Waals surface area contributed by atoms with Crippen molar-refractivity contribution in [1.82, 2.24) is 9.80 Å². The fourth-order valence-corrected chi connectivity index (χ4v) is 3.94. The van der Waals surface area contributed by atoms with Crippen LogP contribution in [0.25, 0.3) is 11.0 Å². The van der Waals surface area contributed by atoms with Crippen LogP contribution < -0.4 is 5.43 Å². The molecule has 0 bridgehead atoms. The molecule has 1 aliphatic heterocycles. The predicted molar refractivity (Wildman–Crippen MR) is 119 cm³/mol. The molecule has 1 aliphatic rings. The topological polar surface area (TPSA) is 53.8 Å². The molecule has 0 aliphatic carbocycles. The summed E-state index contributed by atoms with van der Waals surface area (Å²) >= 11 is 5.95. The van der Waals surface area contributed by atoms with Gasteiger partial charge >= 0.3 is 0 Å². The van der Waals surface area contributed by atoms with E-state index in [1.54, 1.807) is 23.1 Å². The molecule has 5 nitrogen and oxygen atoms in total. The molecule has 6 heteroatoms. The van der Waals surface area contributed by atoms with Gasteiger partial charge in [-0.3, -0.25) is 14.5 Å². The second-order valence-corrected chi connectivity index (χ2v) is 8.52. The molecule has 30 heavy (non-hydrogen) atoms. The standard InChI is InChI=1S/C24H25ClN2O3/c1-16(2)18-5-3-17(4-6-18)15-26-9-11-27(12-10-26)24(29)23-14-21(28)20-13-19(25)7-8-22(20)30-23/h3-8,13-14,16H,9-12,15H2,1-2H3. The zero-order valence-electron chi connectivity index (χ0n) is 17.2. The molecule has 1 fully saturated rings. The lowest BCUT2D eigenvalue weighted by molar-refractivity contribution is 0.0598. The molecule has 0 radical (unpaired) electrons. The van der Waals surface area contributed by atoms with Gasteiger partial charge in [-0.15, -0.1) is 0 Å². The van der Waals surface area contributed by atoms with Crippen molar-refractivity contribution in [3.05, 3.63) is 80.7 Å². The van der Waals surface area contributed by atoms with E-state index in [0.29, 0.717) is 35.0 Å². The van der Waals surface area contributed by atoms with Crippen molar-refractivity contribution in [2.24, 2.45) is 0 Å². The highest BCUT2D eigenvalue weighted by Gasteiger charge is 2.24. The van der Waals surface area contributed by atoms with E-state index in [1.807, 2.05) is 0 Å². The van der Waals surface area contributed by atoms with E-state index in [-0.39, 0.29) is 17.1 Å². The van der Waals surface area contributed by atoms with Crippen LogP contribution in [0.3, 0.4) is 0 Å². The van der Waals surface area contributed by atoms with Gasteiger partial charge in [0, 0.05) is 43.8 Å². The zero-order chi connectivity index (χ0) is 21.3. The van der Waals surface area contributed by atoms with Crippen LogP contribution in [0.1, 0.15) is 41.4 Å². The summed E-state index contributed by atoms with van der Waals surface area (Å²) in [6, 6.07) is 14.8. The first-order valence-corrected chi connectivity index (χ1v) is 10.6. The smallest absolute Gasteiger partial charge is 0.289 e. The Morgan fingerprint density at radius 3 is 2.40 bits per heavy atom. The summed E-state index contributed by atoms with van der Waals surface area (Å²) in [5.74, 6) is 0.359. The van der Waals surface area contributed by atoms with Crippen molar-refractivity contribution >= 4 is 28.5 Å². The van der Waals surface area contributed by atoms with Gasteiger partial charge in [0.1, 0.15) is 5.58 Å². The molecule has 2 aromatic carbocycles. The number of piperazine rings is 1. The Kier molecular flexibility index (Phi) is 5.93. The maximum absolute atomic E-state index is 12.9. The summed E-state index contributed by atoms with van der Waals surface area (Å²) in [5.41, 5.74) is 2.73. The maximum Gasteiger partial charge on any atom is 0.289 e. The highest BCUT2D eigenvalue weighted by molar-refractivity contribution is 6.31. The fourth-order valence-electron chi connectivity index (χ4n) is 3.76. The van der Waals surface area contributed by atoms with Crippen molar-refractivity contribution in [3.8, 4) is 0 Å². The van der Waals surface area contributed by atoms with Crippen molar-refractivity contribution < 1.29 is 9.21 Å². The lowest BCUT2D eigenvalue weighted by atomic mass is 10.0. The van der Waals surface area contributed by atoms with Crippen molar-refractivity contribution in [2.75, 3.05) is 26.2 Å². The maximum atomic E-state index is 12.9. The molecule has 1 saturated heterocycles. The van der Waals surface area contributed by atoms with Crippen molar-refractivity contribution in [2.45, 2.75) is 26.3 Å². The lowest BCUT2D eigenvalue weighted by Gasteiger charge is -2.34. The minimum atomic E-state index is -0.259. The number of halogens is 1. The van der Waals surface area contributed by atoms with Crippen LogP contribution in [0.4, 0.5) is 0 Å². The number of carbonyl (C=O) groups is 1. The predicted octanol–water partition coefficient (Wildman–Crippen LogP) is 4.53. The quantitative estimate of drug-likeness (QED) is 0.617. The van der Waals surface area contributed by atoms with Crippen molar-refractivity contribution in [1.29, 1.82) is 0 Å². The van der Waals surface area contributed by atoms with Gasteiger partial charge in [0.25, 0.3) is 5.91 Å². The van der Waals surface area contributed by atoms with E-state index in [9.17, 15) is 9.59 Å². The molecule has 1 amide bonds. The Hall–Kier alpha value is -2.63. The van der Waals surface area contributed by atoms with Crippen LogP contribution in [0.5, 0.6) is 0 Å². The van der Waals surface area contributed by atoms with Crippen LogP contribution in [0, 0.1) is 0 Å². The molecule has 4 rings (SSSR count). The highest BCUT2D eigenvalue weighted by atomic mass is 35.5. The summed E-state index contributed by atoms with van der Waals surface area (Å²) in [4.78, 5) is 29.3. The van der Waals surface area contributed by atoms with Gasteiger partial charge in [-0.2, -0.15) is 0 Å². The van der Waals surface area contributed by atoms with Gasteiger partial charge in [-0.05, 0) is 35.2 Å². The molecule has 0 N–H and O–H groups in total. The largest absolute Gasteiger partial charge is 0.451 e. The second kappa shape index (κ2) is 8.62. The first-order valence-electron chi connectivity index (χ1n) is 10.2. The normalized spacial score (nSPS) is 15.1. The number of hydrogen-bond donors (Lipinski definition) is 0. The van der Waals surface area contributed by atoms with Crippen LogP contribution in [-0.4, -0.2) is 41.9 Å². The third kappa shape index (κ3) is 4.42. The fraction of sp³-hybridized carbons (Fsp3) is 0.333. The Balaban J connectivity index is 1.40. The molecule has 156 valence electrons. The first kappa shape index (κ1) is 20.6. The number of hydrogen-bond acceptors (Lipinski definition) is 4. The second-order valence-electron chi connectivity index (χ2n) is 8.08. The molecule has 3 aromatic rings. The Labute approximate surface area is 180 Å². The molecule has 1 aromatic heterocycles. The molecule has 0 saturated carbocycles. The number of amides is 1. The third-order valence-electron chi connectivity index (χ3n) is 5.61. The summed E-state index contributed by atoms with van der Waals surface area (Å²) in [6.07, 6.45) is 0. The lowest BCUT2D eigenvalue weighted by Crippen LogP contribution is -2.48. The van der Waals surface area contributed by atoms with Gasteiger partial charge < -0.3 is 9.32 Å². The summed E-state index contributed by atoms with van der Waals surface area (Å²) < 4.78 is 5.70. The Morgan fingerprint density at radius 1 is 1.03 bits per heavy atom. The average molecular weight is 425 g/mol. The highest BCUT2D eigenvalue weighted by Crippen LogP contribution is 2.20. The van der Waals surface area contributed by atoms with E-state index in [4.69, 9.17) is 16.0 Å². The average Bonchev–Trinajstić information content (AvgIpc) is 2.74. The monoisotopic (exact) mass is 424 g/mol. The van der Waals surface area contributed by atoms with Gasteiger partial charge in [-0.1, -0.05) is 49.7 Å². The van der Waals surface area contributed by atoms with Crippen LogP contribution in [-0.2, 0) is 6.54 Å². The van der Waals surface area contributed by atoms with E-state index in [1.165, 1.54) is 17.2 Å². The molecule has 0 atom stereocenters. The zero-order valence-corrected chi connectivity index (χ0v) is 18.0. The van der Waals surface area contributed by atoms with E-state index < -0.39 is 0 Å². The number of fused-ring (bicyclic) bond motifs is 1. The Morgan fingerprint density at radius 2 is 1.73 bits per heavy atom. The van der Waals surface area contributed by atoms with Gasteiger partial charge in [0.15, 0.2) is 11.2 Å². The molecular weight excluding hydrogens is 400 g/mol. The summed E-state index contributed by atoms with van der Waals surface area (Å²) in [7, 11) is 0. The van der Waals surface area contributed by atoms with Crippen LogP contribution >= 0.6 is 11.6 Å². The Bertz CT molecular complexity index is 1110. The third-order valence-corrected chi connectivity index (χ3v) is 5.85. The van der Waals surface area contributed by atoms with Gasteiger partial charge in [0.2, 0.25) is 0 Å². The van der Waals surface area contributed by atoms with E-state index >= 15 is 0 Å². The molecule has 0 unspecified atom stereocenters. The first-order chi connectivity index (χ1) is 14.4. The van der Waals surface area contributed by atoms with Gasteiger partial charge in [-0.25, -0.2) is 0 Å². The number of nitrogens with zero attached hydrogens (tertiary/aromatic N) is 2.